The zero-order valence-corrected chi connectivity index (χ0v) is 18.3. The predicted octanol–water partition coefficient (Wildman–Crippen LogP) is 2.65. The molecule has 0 spiro atoms. The summed E-state index contributed by atoms with van der Waals surface area (Å²) in [4.78, 5) is 13.3. The van der Waals surface area contributed by atoms with Crippen molar-refractivity contribution in [2.45, 2.75) is 38.3 Å². The standard InChI is InChI=1S/C24H22N8O/c1-14-15(11-25)5-3-7-17(14)20-9-21(29-23(26)28-20)22-13-32(31-30-22)12-18-19-8-4-6-16(27-19)10-24(18,2)33/h3-9,13,18,33H,10,12H2,1-2H3,(H2,26,28,29). The van der Waals surface area contributed by atoms with Gasteiger partial charge < -0.3 is 10.8 Å². The van der Waals surface area contributed by atoms with Gasteiger partial charge >= 0.3 is 0 Å². The van der Waals surface area contributed by atoms with Gasteiger partial charge in [-0.3, -0.25) is 9.67 Å². The van der Waals surface area contributed by atoms with Crippen LogP contribution in [0.2, 0.25) is 0 Å². The molecule has 3 N–H and O–H groups in total. The molecule has 0 amide bonds. The Balaban J connectivity index is 1.47. The van der Waals surface area contributed by atoms with Crippen LogP contribution in [0, 0.1) is 18.3 Å². The highest BCUT2D eigenvalue weighted by molar-refractivity contribution is 5.71. The smallest absolute Gasteiger partial charge is 0.221 e. The molecule has 0 fully saturated rings. The highest BCUT2D eigenvalue weighted by atomic mass is 16.3. The summed E-state index contributed by atoms with van der Waals surface area (Å²) in [5.74, 6) is -0.113. The van der Waals surface area contributed by atoms with Gasteiger partial charge in [-0.2, -0.15) is 5.26 Å². The van der Waals surface area contributed by atoms with Crippen molar-refractivity contribution in [1.29, 1.82) is 5.26 Å². The van der Waals surface area contributed by atoms with E-state index in [0.29, 0.717) is 35.6 Å². The van der Waals surface area contributed by atoms with Gasteiger partial charge in [-0.05, 0) is 43.7 Å². The molecule has 9 heteroatoms. The molecular formula is C24H22N8O. The Morgan fingerprint density at radius 1 is 1.15 bits per heavy atom. The lowest BCUT2D eigenvalue weighted by Gasteiger charge is -2.36. The van der Waals surface area contributed by atoms with Crippen molar-refractivity contribution in [3.8, 4) is 28.7 Å². The lowest BCUT2D eigenvalue weighted by molar-refractivity contribution is 0.0153. The molecule has 2 bridgehead atoms. The molecular weight excluding hydrogens is 416 g/mol. The maximum absolute atomic E-state index is 11.0. The number of aliphatic hydroxyl groups is 1. The highest BCUT2D eigenvalue weighted by Gasteiger charge is 2.38. The molecule has 0 aliphatic carbocycles. The number of benzene rings is 1. The van der Waals surface area contributed by atoms with Gasteiger partial charge in [0.1, 0.15) is 5.69 Å². The summed E-state index contributed by atoms with van der Waals surface area (Å²) >= 11 is 0. The number of nitrogen functional groups attached to an aromatic ring is 1. The number of pyridine rings is 1. The Morgan fingerprint density at radius 3 is 2.76 bits per heavy atom. The topological polar surface area (TPSA) is 139 Å². The molecule has 164 valence electrons. The lowest BCUT2D eigenvalue weighted by Crippen LogP contribution is -2.41. The quantitative estimate of drug-likeness (QED) is 0.496. The molecule has 1 aromatic carbocycles. The lowest BCUT2D eigenvalue weighted by atomic mass is 9.79. The van der Waals surface area contributed by atoms with Crippen LogP contribution in [0.4, 0.5) is 5.95 Å². The monoisotopic (exact) mass is 438 g/mol. The molecule has 0 radical (unpaired) electrons. The first-order chi connectivity index (χ1) is 15.8. The molecule has 4 aromatic rings. The third-order valence-electron chi connectivity index (χ3n) is 6.12. The van der Waals surface area contributed by atoms with E-state index in [-0.39, 0.29) is 11.9 Å². The van der Waals surface area contributed by atoms with Crippen LogP contribution in [0.3, 0.4) is 0 Å². The van der Waals surface area contributed by atoms with Crippen LogP contribution in [-0.2, 0) is 13.0 Å². The van der Waals surface area contributed by atoms with Gasteiger partial charge in [0.05, 0.1) is 41.4 Å². The molecule has 0 saturated heterocycles. The number of aromatic nitrogens is 6. The van der Waals surface area contributed by atoms with E-state index in [1.165, 1.54) is 0 Å². The number of hydrogen-bond donors (Lipinski definition) is 2. The summed E-state index contributed by atoms with van der Waals surface area (Å²) in [6.07, 6.45) is 2.26. The van der Waals surface area contributed by atoms with Gasteiger partial charge in [0.25, 0.3) is 0 Å². The predicted molar refractivity (Wildman–Crippen MR) is 122 cm³/mol. The Hall–Kier alpha value is -4.16. The summed E-state index contributed by atoms with van der Waals surface area (Å²) in [7, 11) is 0. The van der Waals surface area contributed by atoms with Crippen molar-refractivity contribution in [3.05, 3.63) is 71.2 Å². The molecule has 2 atom stereocenters. The van der Waals surface area contributed by atoms with Crippen molar-refractivity contribution in [3.63, 3.8) is 0 Å². The van der Waals surface area contributed by atoms with Gasteiger partial charge in [0.15, 0.2) is 0 Å². The fourth-order valence-corrected chi connectivity index (χ4v) is 4.35. The second kappa shape index (κ2) is 7.76. The molecule has 2 unspecified atom stereocenters. The Labute approximate surface area is 190 Å². The summed E-state index contributed by atoms with van der Waals surface area (Å²) in [6.45, 7) is 4.13. The van der Waals surface area contributed by atoms with E-state index in [0.717, 1.165) is 22.5 Å². The number of hydrogen-bond acceptors (Lipinski definition) is 8. The Morgan fingerprint density at radius 2 is 1.94 bits per heavy atom. The van der Waals surface area contributed by atoms with Crippen molar-refractivity contribution >= 4 is 5.95 Å². The fourth-order valence-electron chi connectivity index (χ4n) is 4.35. The molecule has 9 nitrogen and oxygen atoms in total. The maximum Gasteiger partial charge on any atom is 0.221 e. The second-order valence-electron chi connectivity index (χ2n) is 8.55. The number of fused-ring (bicyclic) bond motifs is 2. The average Bonchev–Trinajstić information content (AvgIpc) is 3.25. The first-order valence-electron chi connectivity index (χ1n) is 10.6. The minimum atomic E-state index is -0.935. The van der Waals surface area contributed by atoms with Gasteiger partial charge in [-0.1, -0.05) is 23.4 Å². The molecule has 33 heavy (non-hydrogen) atoms. The van der Waals surface area contributed by atoms with E-state index in [4.69, 9.17) is 5.73 Å². The third-order valence-corrected chi connectivity index (χ3v) is 6.12. The second-order valence-corrected chi connectivity index (χ2v) is 8.55. The molecule has 1 aliphatic rings. The molecule has 3 aromatic heterocycles. The average molecular weight is 438 g/mol. The molecule has 0 saturated carbocycles. The van der Waals surface area contributed by atoms with E-state index in [9.17, 15) is 10.4 Å². The van der Waals surface area contributed by atoms with Crippen LogP contribution in [-0.4, -0.2) is 40.7 Å². The van der Waals surface area contributed by atoms with Crippen LogP contribution < -0.4 is 5.73 Å². The number of nitriles is 1. The van der Waals surface area contributed by atoms with E-state index >= 15 is 0 Å². The van der Waals surface area contributed by atoms with Crippen LogP contribution in [0.1, 0.15) is 35.4 Å². The van der Waals surface area contributed by atoms with Gasteiger partial charge in [0, 0.05) is 29.3 Å². The summed E-state index contributed by atoms with van der Waals surface area (Å²) in [5, 5.41) is 28.9. The first kappa shape index (κ1) is 20.7. The Bertz CT molecular complexity index is 1400. The fraction of sp³-hybridized carbons (Fsp3) is 0.250. The highest BCUT2D eigenvalue weighted by Crippen LogP contribution is 2.35. The maximum atomic E-state index is 11.0. The molecule has 1 aliphatic heterocycles. The van der Waals surface area contributed by atoms with E-state index in [1.807, 2.05) is 44.2 Å². The normalized spacial score (nSPS) is 19.3. The third kappa shape index (κ3) is 3.81. The number of anilines is 1. The summed E-state index contributed by atoms with van der Waals surface area (Å²) in [6, 6.07) is 15.3. The Kier molecular flexibility index (Phi) is 4.87. The number of rotatable bonds is 4. The van der Waals surface area contributed by atoms with Crippen molar-refractivity contribution < 1.29 is 5.11 Å². The minimum Gasteiger partial charge on any atom is -0.389 e. The van der Waals surface area contributed by atoms with Gasteiger partial charge in [0.2, 0.25) is 5.95 Å². The van der Waals surface area contributed by atoms with Crippen LogP contribution in [0.15, 0.2) is 48.7 Å². The van der Waals surface area contributed by atoms with E-state index in [2.05, 4.69) is 31.3 Å². The van der Waals surface area contributed by atoms with Crippen LogP contribution in [0.5, 0.6) is 0 Å². The largest absolute Gasteiger partial charge is 0.389 e. The van der Waals surface area contributed by atoms with E-state index < -0.39 is 5.60 Å². The van der Waals surface area contributed by atoms with E-state index in [1.54, 1.807) is 23.0 Å². The first-order valence-corrected chi connectivity index (χ1v) is 10.6. The van der Waals surface area contributed by atoms with Crippen LogP contribution in [0.25, 0.3) is 22.6 Å². The van der Waals surface area contributed by atoms with Crippen LogP contribution >= 0.6 is 0 Å². The van der Waals surface area contributed by atoms with Crippen molar-refractivity contribution in [1.82, 2.24) is 29.9 Å². The summed E-state index contributed by atoms with van der Waals surface area (Å²) in [5.41, 5.74) is 10.7. The zero-order valence-electron chi connectivity index (χ0n) is 18.3. The summed E-state index contributed by atoms with van der Waals surface area (Å²) < 4.78 is 1.69. The van der Waals surface area contributed by atoms with Gasteiger partial charge in [-0.15, -0.1) is 5.10 Å². The molecule has 4 heterocycles. The minimum absolute atomic E-state index is 0.107. The number of nitrogens with two attached hydrogens (primary N) is 1. The zero-order chi connectivity index (χ0) is 23.2. The van der Waals surface area contributed by atoms with Crippen molar-refractivity contribution in [2.75, 3.05) is 5.73 Å². The molecule has 5 rings (SSSR count). The van der Waals surface area contributed by atoms with Gasteiger partial charge in [-0.25, -0.2) is 9.97 Å². The SMILES string of the molecule is Cc1c(C#N)cccc1-c1cc(-c2cn(CC3c4cccc(n4)CC3(C)O)nn2)nc(N)n1. The number of nitrogens with zero attached hydrogens (tertiary/aromatic N) is 7. The van der Waals surface area contributed by atoms with Crippen molar-refractivity contribution in [2.24, 2.45) is 0 Å².